The summed E-state index contributed by atoms with van der Waals surface area (Å²) in [5.74, 6) is 1.30. The molecule has 0 aliphatic carbocycles. The molecule has 2 heterocycles. The van der Waals surface area contributed by atoms with Crippen LogP contribution in [0.15, 0.2) is 91.0 Å². The number of aryl methyl sites for hydroxylation is 1. The molecule has 3 aromatic carbocycles. The van der Waals surface area contributed by atoms with Gasteiger partial charge in [0.2, 0.25) is 5.88 Å². The summed E-state index contributed by atoms with van der Waals surface area (Å²) in [5.41, 5.74) is 3.30. The summed E-state index contributed by atoms with van der Waals surface area (Å²) in [6.07, 6.45) is 1.99. The highest BCUT2D eigenvalue weighted by molar-refractivity contribution is 5.94. The van der Waals surface area contributed by atoms with Gasteiger partial charge >= 0.3 is 0 Å². The van der Waals surface area contributed by atoms with E-state index in [9.17, 15) is 4.79 Å². The molecule has 1 aliphatic rings. The third kappa shape index (κ3) is 5.28. The molecule has 1 aliphatic heterocycles. The first-order chi connectivity index (χ1) is 17.2. The Hall–Kier alpha value is -3.90. The van der Waals surface area contributed by atoms with Crippen molar-refractivity contribution in [3.63, 3.8) is 0 Å². The number of para-hydroxylation sites is 1. The van der Waals surface area contributed by atoms with Gasteiger partial charge in [-0.15, -0.1) is 0 Å². The van der Waals surface area contributed by atoms with E-state index in [2.05, 4.69) is 0 Å². The number of carbonyl (C=O) groups excluding carboxylic acids is 1. The molecule has 178 valence electrons. The second-order valence-electron chi connectivity index (χ2n) is 8.72. The van der Waals surface area contributed by atoms with Gasteiger partial charge in [0.25, 0.3) is 5.91 Å². The molecule has 5 rings (SSSR count). The molecule has 0 N–H and O–H groups in total. The number of nitrogens with zero attached hydrogens (tertiary/aromatic N) is 3. The number of rotatable bonds is 8. The summed E-state index contributed by atoms with van der Waals surface area (Å²) in [7, 11) is 1.87. The maximum absolute atomic E-state index is 13.7. The number of ether oxygens (including phenoxy) is 2. The van der Waals surface area contributed by atoms with Crippen LogP contribution in [0, 0.1) is 0 Å². The molecule has 6 heteroatoms. The SMILES string of the molecule is Cn1nc(-c2ccccc2)c(CN(C[C@H]2CCCO2)C(=O)c2ccccc2)c1Oc1ccccc1. The van der Waals surface area contributed by atoms with Crippen LogP contribution in [0.3, 0.4) is 0 Å². The third-order valence-corrected chi connectivity index (χ3v) is 6.20. The summed E-state index contributed by atoms with van der Waals surface area (Å²) in [5, 5.41) is 4.82. The average Bonchev–Trinajstić information content (AvgIpc) is 3.53. The zero-order valence-electron chi connectivity index (χ0n) is 19.8. The quantitative estimate of drug-likeness (QED) is 0.334. The number of carbonyl (C=O) groups is 1. The van der Waals surface area contributed by atoms with Crippen LogP contribution in [0.25, 0.3) is 11.3 Å². The average molecular weight is 468 g/mol. The van der Waals surface area contributed by atoms with Gasteiger partial charge in [0.1, 0.15) is 11.4 Å². The van der Waals surface area contributed by atoms with E-state index in [0.717, 1.165) is 42.0 Å². The van der Waals surface area contributed by atoms with Gasteiger partial charge in [0.15, 0.2) is 0 Å². The predicted octanol–water partition coefficient (Wildman–Crippen LogP) is 5.70. The number of aromatic nitrogens is 2. The molecule has 6 nitrogen and oxygen atoms in total. The first kappa shape index (κ1) is 22.9. The molecule has 4 aromatic rings. The van der Waals surface area contributed by atoms with E-state index in [0.29, 0.717) is 24.5 Å². The van der Waals surface area contributed by atoms with E-state index in [4.69, 9.17) is 14.6 Å². The van der Waals surface area contributed by atoms with Crippen LogP contribution in [0.1, 0.15) is 28.8 Å². The van der Waals surface area contributed by atoms with E-state index in [-0.39, 0.29) is 12.0 Å². The molecular formula is C29H29N3O3. The molecule has 0 saturated carbocycles. The Morgan fingerprint density at radius 3 is 2.31 bits per heavy atom. The van der Waals surface area contributed by atoms with Gasteiger partial charge in [-0.2, -0.15) is 5.10 Å². The summed E-state index contributed by atoms with van der Waals surface area (Å²) < 4.78 is 14.0. The Morgan fingerprint density at radius 1 is 1.00 bits per heavy atom. The molecule has 0 bridgehead atoms. The summed E-state index contributed by atoms with van der Waals surface area (Å²) in [4.78, 5) is 15.5. The standard InChI is InChI=1S/C29H29N3O3/c1-31-29(35-24-16-9-4-10-17-24)26(27(30-31)22-12-5-2-6-13-22)21-32(20-25-18-11-19-34-25)28(33)23-14-7-3-8-15-23/h2-10,12-17,25H,11,18-21H2,1H3/t25-/m1/s1. The van der Waals surface area contributed by atoms with Crippen molar-refractivity contribution < 1.29 is 14.3 Å². The smallest absolute Gasteiger partial charge is 0.254 e. The lowest BCUT2D eigenvalue weighted by atomic mass is 10.1. The van der Waals surface area contributed by atoms with Gasteiger partial charge in [0.05, 0.1) is 18.2 Å². The number of hydrogen-bond acceptors (Lipinski definition) is 4. The summed E-state index contributed by atoms with van der Waals surface area (Å²) >= 11 is 0. The zero-order chi connectivity index (χ0) is 24.0. The number of amides is 1. The molecule has 1 amide bonds. The molecule has 1 aromatic heterocycles. The lowest BCUT2D eigenvalue weighted by molar-refractivity contribution is 0.0506. The van der Waals surface area contributed by atoms with E-state index in [1.165, 1.54) is 0 Å². The molecule has 1 atom stereocenters. The van der Waals surface area contributed by atoms with Gasteiger partial charge in [-0.3, -0.25) is 4.79 Å². The highest BCUT2D eigenvalue weighted by atomic mass is 16.5. The fourth-order valence-corrected chi connectivity index (χ4v) is 4.46. The minimum Gasteiger partial charge on any atom is -0.439 e. The second kappa shape index (κ2) is 10.6. The lowest BCUT2D eigenvalue weighted by Crippen LogP contribution is -2.37. The highest BCUT2D eigenvalue weighted by Crippen LogP contribution is 2.34. The lowest BCUT2D eigenvalue weighted by Gasteiger charge is -2.26. The third-order valence-electron chi connectivity index (χ3n) is 6.20. The minimum atomic E-state index is -0.0328. The predicted molar refractivity (Wildman–Crippen MR) is 135 cm³/mol. The Kier molecular flexibility index (Phi) is 6.91. The Bertz CT molecular complexity index is 1250. The Morgan fingerprint density at radius 2 is 1.66 bits per heavy atom. The Labute approximate surface area is 205 Å². The van der Waals surface area contributed by atoms with Crippen molar-refractivity contribution in [1.29, 1.82) is 0 Å². The van der Waals surface area contributed by atoms with Crippen molar-refractivity contribution in [1.82, 2.24) is 14.7 Å². The highest BCUT2D eigenvalue weighted by Gasteiger charge is 2.28. The van der Waals surface area contributed by atoms with Crippen LogP contribution in [0.2, 0.25) is 0 Å². The molecule has 0 unspecified atom stereocenters. The first-order valence-corrected chi connectivity index (χ1v) is 12.0. The topological polar surface area (TPSA) is 56.6 Å². The number of benzene rings is 3. The molecule has 1 fully saturated rings. The summed E-state index contributed by atoms with van der Waals surface area (Å²) in [6, 6.07) is 29.1. The van der Waals surface area contributed by atoms with E-state index in [1.54, 1.807) is 4.68 Å². The fraction of sp³-hybridized carbons (Fsp3) is 0.241. The van der Waals surface area contributed by atoms with Gasteiger partial charge < -0.3 is 14.4 Å². The summed E-state index contributed by atoms with van der Waals surface area (Å²) in [6.45, 7) is 1.61. The van der Waals surface area contributed by atoms with Gasteiger partial charge in [-0.25, -0.2) is 4.68 Å². The maximum Gasteiger partial charge on any atom is 0.254 e. The molecule has 0 spiro atoms. The van der Waals surface area contributed by atoms with Crippen LogP contribution >= 0.6 is 0 Å². The van der Waals surface area contributed by atoms with Crippen molar-refractivity contribution in [3.05, 3.63) is 102 Å². The van der Waals surface area contributed by atoms with Crippen molar-refractivity contribution >= 4 is 5.91 Å². The fourth-order valence-electron chi connectivity index (χ4n) is 4.46. The van der Waals surface area contributed by atoms with Crippen LogP contribution < -0.4 is 4.74 Å². The van der Waals surface area contributed by atoms with E-state index in [1.807, 2.05) is 103 Å². The largest absolute Gasteiger partial charge is 0.439 e. The van der Waals surface area contributed by atoms with Gasteiger partial charge in [-0.1, -0.05) is 66.7 Å². The zero-order valence-corrected chi connectivity index (χ0v) is 19.8. The van der Waals surface area contributed by atoms with Crippen molar-refractivity contribution in [2.45, 2.75) is 25.5 Å². The molecule has 1 saturated heterocycles. The van der Waals surface area contributed by atoms with Crippen LogP contribution in [0.5, 0.6) is 11.6 Å². The molecule has 0 radical (unpaired) electrons. The van der Waals surface area contributed by atoms with Crippen molar-refractivity contribution in [2.24, 2.45) is 7.05 Å². The first-order valence-electron chi connectivity index (χ1n) is 12.0. The maximum atomic E-state index is 13.7. The van der Waals surface area contributed by atoms with Gasteiger partial charge in [0, 0.05) is 31.3 Å². The van der Waals surface area contributed by atoms with Crippen LogP contribution in [-0.2, 0) is 18.3 Å². The molecule has 35 heavy (non-hydrogen) atoms. The monoisotopic (exact) mass is 467 g/mol. The van der Waals surface area contributed by atoms with E-state index >= 15 is 0 Å². The van der Waals surface area contributed by atoms with Crippen LogP contribution in [0.4, 0.5) is 0 Å². The van der Waals surface area contributed by atoms with Crippen LogP contribution in [-0.4, -0.2) is 39.8 Å². The second-order valence-corrected chi connectivity index (χ2v) is 8.72. The van der Waals surface area contributed by atoms with Crippen molar-refractivity contribution in [3.8, 4) is 22.9 Å². The molecular weight excluding hydrogens is 438 g/mol. The Balaban J connectivity index is 1.55. The normalized spacial score (nSPS) is 15.2. The van der Waals surface area contributed by atoms with Crippen molar-refractivity contribution in [2.75, 3.05) is 13.2 Å². The van der Waals surface area contributed by atoms with E-state index < -0.39 is 0 Å². The van der Waals surface area contributed by atoms with Gasteiger partial charge in [-0.05, 0) is 37.1 Å². The minimum absolute atomic E-state index is 0.0259. The number of hydrogen-bond donors (Lipinski definition) is 0.